The van der Waals surface area contributed by atoms with Crippen molar-refractivity contribution in [1.82, 2.24) is 4.98 Å². The molecule has 0 spiro atoms. The molecule has 0 saturated carbocycles. The highest BCUT2D eigenvalue weighted by molar-refractivity contribution is 7.22. The Balaban J connectivity index is 1.73. The zero-order chi connectivity index (χ0) is 24.1. The molecule has 0 atom stereocenters. The molecule has 0 aliphatic rings. The minimum Gasteiger partial charge on any atom is -0.493 e. The number of benzene rings is 3. The maximum Gasteiger partial charge on any atom is 0.253 e. The second-order valence-corrected chi connectivity index (χ2v) is 8.19. The van der Waals surface area contributed by atoms with Crippen LogP contribution in [0.5, 0.6) is 17.2 Å². The molecule has 34 heavy (non-hydrogen) atoms. The molecule has 4 aromatic rings. The number of methoxy groups -OCH3 is 3. The molecule has 0 saturated heterocycles. The summed E-state index contributed by atoms with van der Waals surface area (Å²) in [6, 6.07) is 17.1. The quantitative estimate of drug-likeness (QED) is 0.261. The lowest BCUT2D eigenvalue weighted by atomic mass is 10.1. The molecule has 174 valence electrons. The molecule has 7 nitrogen and oxygen atoms in total. The summed E-state index contributed by atoms with van der Waals surface area (Å²) in [4.78, 5) is 17.8. The van der Waals surface area contributed by atoms with E-state index in [1.165, 1.54) is 56.0 Å². The van der Waals surface area contributed by atoms with Crippen molar-refractivity contribution in [2.24, 2.45) is 5.10 Å². The minimum atomic E-state index is -0.370. The molecule has 0 radical (unpaired) electrons. The number of carbonyl (C=O) groups excluding carboxylic acids is 1. The van der Waals surface area contributed by atoms with Gasteiger partial charge >= 0.3 is 0 Å². The molecule has 0 aliphatic heterocycles. The first kappa shape index (κ1) is 23.2. The molecule has 0 fully saturated rings. The lowest BCUT2D eigenvalue weighted by molar-refractivity contribution is -0.118. The first-order chi connectivity index (χ1) is 16.5. The fourth-order valence-corrected chi connectivity index (χ4v) is 4.31. The topological polar surface area (TPSA) is 73.2 Å². The number of halogens is 1. The summed E-state index contributed by atoms with van der Waals surface area (Å²) in [5, 5.41) is 6.02. The normalized spacial score (nSPS) is 11.1. The predicted molar refractivity (Wildman–Crippen MR) is 131 cm³/mol. The predicted octanol–water partition coefficient (Wildman–Crippen LogP) is 5.07. The smallest absolute Gasteiger partial charge is 0.253 e. The van der Waals surface area contributed by atoms with Gasteiger partial charge in [-0.3, -0.25) is 4.79 Å². The first-order valence-corrected chi connectivity index (χ1v) is 11.1. The largest absolute Gasteiger partial charge is 0.493 e. The molecule has 0 unspecified atom stereocenters. The van der Waals surface area contributed by atoms with Crippen molar-refractivity contribution in [2.45, 2.75) is 6.42 Å². The van der Waals surface area contributed by atoms with Crippen LogP contribution >= 0.6 is 11.3 Å². The van der Waals surface area contributed by atoms with E-state index in [9.17, 15) is 9.18 Å². The third kappa shape index (κ3) is 4.99. The molecule has 4 rings (SSSR count). The van der Waals surface area contributed by atoms with Crippen molar-refractivity contribution in [3.05, 3.63) is 77.6 Å². The number of hydrazone groups is 1. The summed E-state index contributed by atoms with van der Waals surface area (Å²) in [5.41, 5.74) is 2.05. The third-order valence-electron chi connectivity index (χ3n) is 4.96. The zero-order valence-electron chi connectivity index (χ0n) is 18.8. The van der Waals surface area contributed by atoms with Gasteiger partial charge in [0.1, 0.15) is 5.82 Å². The molecule has 3 aromatic carbocycles. The van der Waals surface area contributed by atoms with Gasteiger partial charge in [-0.05, 0) is 35.9 Å². The van der Waals surface area contributed by atoms with E-state index in [-0.39, 0.29) is 18.1 Å². The van der Waals surface area contributed by atoms with Crippen LogP contribution in [-0.4, -0.2) is 38.4 Å². The summed E-state index contributed by atoms with van der Waals surface area (Å²) in [5.74, 6) is 0.717. The van der Waals surface area contributed by atoms with Gasteiger partial charge < -0.3 is 14.2 Å². The van der Waals surface area contributed by atoms with Crippen LogP contribution in [0, 0.1) is 5.82 Å². The second kappa shape index (κ2) is 10.3. The Kier molecular flexibility index (Phi) is 7.03. The van der Waals surface area contributed by atoms with E-state index in [2.05, 4.69) is 10.1 Å². The Hall–Kier alpha value is -3.98. The van der Waals surface area contributed by atoms with Crippen LogP contribution in [0.1, 0.15) is 11.1 Å². The maximum absolute atomic E-state index is 13.7. The van der Waals surface area contributed by atoms with Gasteiger partial charge in [0.2, 0.25) is 10.9 Å². The Morgan fingerprint density at radius 2 is 1.74 bits per heavy atom. The van der Waals surface area contributed by atoms with E-state index in [1.807, 2.05) is 30.3 Å². The molecule has 9 heteroatoms. The molecular formula is C25H22FN3O4S. The number of anilines is 1. The Bertz CT molecular complexity index is 1320. The van der Waals surface area contributed by atoms with E-state index in [1.54, 1.807) is 18.2 Å². The standard InChI is InChI=1S/C25H22FN3O4S/c1-31-20-11-17(12-21(32-2)24(20)33-3)15-27-29(23(30)13-16-7-5-4-6-8-16)25-28-19-10-9-18(26)14-22(19)34-25/h4-12,14-15H,13H2,1-3H3/b27-15+. The van der Waals surface area contributed by atoms with Crippen molar-refractivity contribution >= 4 is 38.8 Å². The number of nitrogens with zero attached hydrogens (tertiary/aromatic N) is 3. The van der Waals surface area contributed by atoms with Crippen molar-refractivity contribution in [1.29, 1.82) is 0 Å². The highest BCUT2D eigenvalue weighted by atomic mass is 32.1. The lowest BCUT2D eigenvalue weighted by Crippen LogP contribution is -2.27. The van der Waals surface area contributed by atoms with Gasteiger partial charge in [-0.15, -0.1) is 0 Å². The average Bonchev–Trinajstić information content (AvgIpc) is 3.26. The fourth-order valence-electron chi connectivity index (χ4n) is 3.34. The number of ether oxygens (including phenoxy) is 3. The van der Waals surface area contributed by atoms with Crippen LogP contribution in [0.25, 0.3) is 10.2 Å². The van der Waals surface area contributed by atoms with Crippen LogP contribution < -0.4 is 19.2 Å². The molecule has 0 aliphatic carbocycles. The van der Waals surface area contributed by atoms with Gasteiger partial charge in [0.25, 0.3) is 5.91 Å². The van der Waals surface area contributed by atoms with Crippen molar-refractivity contribution in [3.8, 4) is 17.2 Å². The van der Waals surface area contributed by atoms with Crippen LogP contribution in [0.4, 0.5) is 9.52 Å². The average molecular weight is 480 g/mol. The van der Waals surface area contributed by atoms with E-state index >= 15 is 0 Å². The second-order valence-electron chi connectivity index (χ2n) is 7.18. The summed E-state index contributed by atoms with van der Waals surface area (Å²) in [7, 11) is 4.57. The highest BCUT2D eigenvalue weighted by Gasteiger charge is 2.20. The molecule has 1 aromatic heterocycles. The van der Waals surface area contributed by atoms with Crippen LogP contribution in [-0.2, 0) is 11.2 Å². The molecule has 1 heterocycles. The number of fused-ring (bicyclic) bond motifs is 1. The maximum atomic E-state index is 13.7. The number of carbonyl (C=O) groups is 1. The van der Waals surface area contributed by atoms with Crippen molar-refractivity contribution in [3.63, 3.8) is 0 Å². The van der Waals surface area contributed by atoms with E-state index in [4.69, 9.17) is 14.2 Å². The SMILES string of the molecule is COc1cc(/C=N/N(C(=O)Cc2ccccc2)c2nc3ccc(F)cc3s2)cc(OC)c1OC. The highest BCUT2D eigenvalue weighted by Crippen LogP contribution is 2.38. The zero-order valence-corrected chi connectivity index (χ0v) is 19.6. The van der Waals surface area contributed by atoms with E-state index in [0.29, 0.717) is 38.2 Å². The van der Waals surface area contributed by atoms with Crippen LogP contribution in [0.2, 0.25) is 0 Å². The van der Waals surface area contributed by atoms with Gasteiger partial charge in [-0.25, -0.2) is 9.37 Å². The summed E-state index contributed by atoms with van der Waals surface area (Å²) in [6.07, 6.45) is 1.64. The first-order valence-electron chi connectivity index (χ1n) is 10.3. The van der Waals surface area contributed by atoms with Gasteiger partial charge in [-0.1, -0.05) is 41.7 Å². The number of thiazole rings is 1. The number of amides is 1. The monoisotopic (exact) mass is 479 g/mol. The van der Waals surface area contributed by atoms with Gasteiger partial charge in [-0.2, -0.15) is 10.1 Å². The Morgan fingerprint density at radius 1 is 1.03 bits per heavy atom. The summed E-state index contributed by atoms with van der Waals surface area (Å²) < 4.78 is 30.5. The molecule has 0 bridgehead atoms. The van der Waals surface area contributed by atoms with Gasteiger partial charge in [0.15, 0.2) is 11.5 Å². The Labute approximate surface area is 200 Å². The van der Waals surface area contributed by atoms with Crippen LogP contribution in [0.3, 0.4) is 0 Å². The van der Waals surface area contributed by atoms with Crippen molar-refractivity contribution in [2.75, 3.05) is 26.3 Å². The lowest BCUT2D eigenvalue weighted by Gasteiger charge is -2.15. The fraction of sp³-hybridized carbons (Fsp3) is 0.160. The molecule has 1 amide bonds. The number of hydrogen-bond donors (Lipinski definition) is 0. The van der Waals surface area contributed by atoms with Gasteiger partial charge in [0.05, 0.1) is 44.2 Å². The number of aromatic nitrogens is 1. The number of hydrogen-bond acceptors (Lipinski definition) is 7. The third-order valence-corrected chi connectivity index (χ3v) is 5.96. The summed E-state index contributed by atoms with van der Waals surface area (Å²) >= 11 is 1.19. The minimum absolute atomic E-state index is 0.123. The van der Waals surface area contributed by atoms with E-state index < -0.39 is 0 Å². The number of rotatable bonds is 8. The molecule has 0 N–H and O–H groups in total. The summed E-state index contributed by atoms with van der Waals surface area (Å²) in [6.45, 7) is 0. The Morgan fingerprint density at radius 3 is 2.38 bits per heavy atom. The van der Waals surface area contributed by atoms with Crippen molar-refractivity contribution < 1.29 is 23.4 Å². The van der Waals surface area contributed by atoms with E-state index in [0.717, 1.165) is 5.56 Å². The molecular weight excluding hydrogens is 457 g/mol. The van der Waals surface area contributed by atoms with Crippen LogP contribution in [0.15, 0.2) is 65.8 Å². The van der Waals surface area contributed by atoms with Gasteiger partial charge in [0, 0.05) is 5.56 Å².